The van der Waals surface area contributed by atoms with Crippen LogP contribution in [0.4, 0.5) is 5.69 Å². The standard InChI is InChI=1S/C21H18N2O3S2/c1-22-19-14-18(28-26-25-24)7-8-20(19)27-21(22)13-16-9-11-23(12-10-16)15-17-5-3-2-4-6-17/h2-14H,15H2,1H3. The Morgan fingerprint density at radius 3 is 2.64 bits per heavy atom. The molecule has 0 bridgehead atoms. The van der Waals surface area contributed by atoms with Crippen LogP contribution >= 0.6 is 23.8 Å². The van der Waals surface area contributed by atoms with Gasteiger partial charge in [-0.2, -0.15) is 4.33 Å². The molecule has 0 spiro atoms. The molecule has 0 N–H and O–H groups in total. The molecule has 2 aromatic carbocycles. The second kappa shape index (κ2) is 8.81. The van der Waals surface area contributed by atoms with E-state index >= 15 is 0 Å². The fourth-order valence-electron chi connectivity index (χ4n) is 2.98. The molecule has 1 aliphatic heterocycles. The maximum absolute atomic E-state index is 10.0. The van der Waals surface area contributed by atoms with Crippen LogP contribution in [0.2, 0.25) is 0 Å². The molecule has 0 fully saturated rings. The number of benzene rings is 2. The van der Waals surface area contributed by atoms with Crippen LogP contribution in [0, 0.1) is 0 Å². The van der Waals surface area contributed by atoms with Crippen LogP contribution < -0.4 is 14.7 Å². The van der Waals surface area contributed by atoms with E-state index in [2.05, 4.69) is 73.7 Å². The van der Waals surface area contributed by atoms with Gasteiger partial charge >= 0.3 is 0 Å². The molecule has 7 heteroatoms. The van der Waals surface area contributed by atoms with E-state index in [0.717, 1.165) is 44.7 Å². The van der Waals surface area contributed by atoms with Gasteiger partial charge in [0.25, 0.3) is 0 Å². The molecule has 3 aromatic rings. The van der Waals surface area contributed by atoms with Gasteiger partial charge in [-0.15, -0.1) is 0 Å². The summed E-state index contributed by atoms with van der Waals surface area (Å²) in [5.74, 6) is 0. The largest absolute Gasteiger partial charge is 0.691 e. The first-order chi connectivity index (χ1) is 13.7. The van der Waals surface area contributed by atoms with Crippen LogP contribution in [0.15, 0.2) is 87.9 Å². The van der Waals surface area contributed by atoms with Crippen molar-refractivity contribution in [3.8, 4) is 0 Å². The summed E-state index contributed by atoms with van der Waals surface area (Å²) in [5, 5.41) is 14.6. The summed E-state index contributed by atoms with van der Waals surface area (Å²) in [5.41, 5.74) is 3.50. The molecule has 0 unspecified atom stereocenters. The lowest BCUT2D eigenvalue weighted by molar-refractivity contribution is -0.777. The fraction of sp³-hybridized carbons (Fsp3) is 0.0952. The topological polar surface area (TPSA) is 48.6 Å². The monoisotopic (exact) mass is 410 g/mol. The van der Waals surface area contributed by atoms with Crippen molar-refractivity contribution in [2.75, 3.05) is 11.9 Å². The number of fused-ring (bicyclic) bond motifs is 1. The van der Waals surface area contributed by atoms with Crippen molar-refractivity contribution >= 4 is 35.6 Å². The lowest BCUT2D eigenvalue weighted by Gasteiger charge is -2.14. The first kappa shape index (κ1) is 19.0. The van der Waals surface area contributed by atoms with Gasteiger partial charge in [-0.1, -0.05) is 42.1 Å². The number of pyridine rings is 1. The molecule has 0 amide bonds. The van der Waals surface area contributed by atoms with Gasteiger partial charge in [0.1, 0.15) is 0 Å². The highest BCUT2D eigenvalue weighted by Gasteiger charge is 2.22. The van der Waals surface area contributed by atoms with E-state index in [0.29, 0.717) is 0 Å². The molecule has 1 aliphatic rings. The van der Waals surface area contributed by atoms with E-state index in [4.69, 9.17) is 0 Å². The Labute approximate surface area is 172 Å². The first-order valence-electron chi connectivity index (χ1n) is 8.66. The molecule has 28 heavy (non-hydrogen) atoms. The van der Waals surface area contributed by atoms with Gasteiger partial charge in [0.2, 0.25) is 0 Å². The molecule has 0 radical (unpaired) electrons. The number of rotatable bonds is 6. The molecule has 2 heterocycles. The molecule has 0 saturated carbocycles. The number of hydrogen-bond donors (Lipinski definition) is 0. The minimum Gasteiger partial charge on any atom is -0.691 e. The maximum Gasteiger partial charge on any atom is 0.173 e. The molecule has 0 aliphatic carbocycles. The normalized spacial score (nSPS) is 14.5. The smallest absolute Gasteiger partial charge is 0.173 e. The molecular weight excluding hydrogens is 392 g/mol. The molecule has 0 saturated heterocycles. The van der Waals surface area contributed by atoms with Crippen molar-refractivity contribution in [2.24, 2.45) is 0 Å². The van der Waals surface area contributed by atoms with Crippen LogP contribution in [0.1, 0.15) is 11.1 Å². The van der Waals surface area contributed by atoms with E-state index in [1.54, 1.807) is 11.8 Å². The van der Waals surface area contributed by atoms with E-state index in [9.17, 15) is 5.26 Å². The Balaban J connectivity index is 1.48. The Kier molecular flexibility index (Phi) is 5.99. The lowest BCUT2D eigenvalue weighted by Crippen LogP contribution is -2.33. The van der Waals surface area contributed by atoms with Gasteiger partial charge in [-0.25, -0.2) is 4.57 Å². The highest BCUT2D eigenvalue weighted by Crippen LogP contribution is 2.47. The maximum atomic E-state index is 10.0. The Bertz CT molecular complexity index is 979. The molecule has 142 valence electrons. The molecule has 5 nitrogen and oxygen atoms in total. The quantitative estimate of drug-likeness (QED) is 0.267. The number of aromatic nitrogens is 1. The van der Waals surface area contributed by atoms with Crippen molar-refractivity contribution in [1.29, 1.82) is 0 Å². The molecular formula is C21H18N2O3S2. The minimum absolute atomic E-state index is 0.810. The predicted molar refractivity (Wildman–Crippen MR) is 109 cm³/mol. The van der Waals surface area contributed by atoms with E-state index in [1.165, 1.54) is 5.56 Å². The van der Waals surface area contributed by atoms with Crippen LogP contribution in [0.5, 0.6) is 0 Å². The average Bonchev–Trinajstić information content (AvgIpc) is 3.04. The van der Waals surface area contributed by atoms with E-state index in [1.807, 2.05) is 31.3 Å². The summed E-state index contributed by atoms with van der Waals surface area (Å²) in [6.07, 6.45) is 6.37. The van der Waals surface area contributed by atoms with E-state index < -0.39 is 0 Å². The van der Waals surface area contributed by atoms with E-state index in [-0.39, 0.29) is 0 Å². The Hall–Kier alpha value is -2.29. The van der Waals surface area contributed by atoms with Crippen LogP contribution in [-0.2, 0) is 15.9 Å². The van der Waals surface area contributed by atoms with Crippen molar-refractivity contribution in [3.05, 3.63) is 89.2 Å². The summed E-state index contributed by atoms with van der Waals surface area (Å²) in [6, 6.07) is 20.5. The van der Waals surface area contributed by atoms with Gasteiger partial charge in [-0.05, 0) is 29.8 Å². The number of anilines is 1. The SMILES string of the molecule is CN1C(=Cc2cc[n+](Cc3ccccc3)cc2)Sc2ccc(SOO[O-])cc21. The van der Waals surface area contributed by atoms with Crippen LogP contribution in [-0.4, -0.2) is 7.05 Å². The third-order valence-corrected chi connectivity index (χ3v) is 6.15. The summed E-state index contributed by atoms with van der Waals surface area (Å²) in [6.45, 7) is 0.855. The minimum atomic E-state index is 0.810. The summed E-state index contributed by atoms with van der Waals surface area (Å²) in [7, 11) is 2.03. The second-order valence-electron chi connectivity index (χ2n) is 6.28. The van der Waals surface area contributed by atoms with Crippen molar-refractivity contribution in [2.45, 2.75) is 16.3 Å². The van der Waals surface area contributed by atoms with Crippen molar-refractivity contribution in [1.82, 2.24) is 0 Å². The zero-order valence-electron chi connectivity index (χ0n) is 15.1. The molecule has 0 atom stereocenters. The second-order valence-corrected chi connectivity index (χ2v) is 8.12. The third kappa shape index (κ3) is 4.40. The zero-order chi connectivity index (χ0) is 19.3. The summed E-state index contributed by atoms with van der Waals surface area (Å²) < 4.78 is 6.58. The summed E-state index contributed by atoms with van der Waals surface area (Å²) >= 11 is 2.62. The lowest BCUT2D eigenvalue weighted by atomic mass is 10.2. The number of thioether (sulfide) groups is 1. The number of hydrogen-bond acceptors (Lipinski definition) is 6. The van der Waals surface area contributed by atoms with Gasteiger partial charge in [0, 0.05) is 34.5 Å². The highest BCUT2D eigenvalue weighted by molar-refractivity contribution is 8.04. The van der Waals surface area contributed by atoms with Gasteiger partial charge < -0.3 is 10.2 Å². The van der Waals surface area contributed by atoms with Gasteiger partial charge in [0.15, 0.2) is 18.9 Å². The Morgan fingerprint density at radius 1 is 1.11 bits per heavy atom. The van der Waals surface area contributed by atoms with Gasteiger partial charge in [-0.3, -0.25) is 5.04 Å². The van der Waals surface area contributed by atoms with Crippen molar-refractivity contribution < 1.29 is 19.2 Å². The summed E-state index contributed by atoms with van der Waals surface area (Å²) in [4.78, 5) is 4.11. The zero-order valence-corrected chi connectivity index (χ0v) is 16.8. The van der Waals surface area contributed by atoms with Crippen LogP contribution in [0.3, 0.4) is 0 Å². The predicted octanol–water partition coefficient (Wildman–Crippen LogP) is 3.79. The fourth-order valence-corrected chi connectivity index (χ4v) is 4.47. The number of nitrogens with zero attached hydrogens (tertiary/aromatic N) is 2. The Morgan fingerprint density at radius 2 is 1.89 bits per heavy atom. The first-order valence-corrected chi connectivity index (χ1v) is 10.2. The highest BCUT2D eigenvalue weighted by atomic mass is 32.2. The molecule has 4 rings (SSSR count). The average molecular weight is 411 g/mol. The van der Waals surface area contributed by atoms with Crippen molar-refractivity contribution in [3.63, 3.8) is 0 Å². The third-order valence-electron chi connectivity index (χ3n) is 4.41. The molecule has 1 aromatic heterocycles. The van der Waals surface area contributed by atoms with Crippen LogP contribution in [0.25, 0.3) is 6.08 Å². The van der Waals surface area contributed by atoms with Gasteiger partial charge in [0.05, 0.1) is 22.8 Å².